The van der Waals surface area contributed by atoms with E-state index in [4.69, 9.17) is 0 Å². The fourth-order valence-corrected chi connectivity index (χ4v) is 2.68. The molecular weight excluding hydrogens is 280 g/mol. The van der Waals surface area contributed by atoms with Crippen molar-refractivity contribution >= 4 is 16.9 Å². The Morgan fingerprint density at radius 2 is 2.09 bits per heavy atom. The van der Waals surface area contributed by atoms with Crippen molar-refractivity contribution in [3.8, 4) is 0 Å². The van der Waals surface area contributed by atoms with Crippen LogP contribution in [0.1, 0.15) is 12.7 Å². The quantitative estimate of drug-likeness (QED) is 0.736. The number of hydrogen-bond acceptors (Lipinski definition) is 4. The molecule has 2 rings (SSSR count). The molecule has 0 fully saturated rings. The van der Waals surface area contributed by atoms with Crippen molar-refractivity contribution in [2.24, 2.45) is 5.92 Å². The Hall–Kier alpha value is -1.92. The van der Waals surface area contributed by atoms with Gasteiger partial charge in [0.1, 0.15) is 11.9 Å². The molecule has 0 saturated heterocycles. The van der Waals surface area contributed by atoms with Gasteiger partial charge in [-0.05, 0) is 32.1 Å². The lowest BCUT2D eigenvalue weighted by Crippen LogP contribution is -2.52. The fourth-order valence-electron chi connectivity index (χ4n) is 2.68. The van der Waals surface area contributed by atoms with Gasteiger partial charge in [0.05, 0.1) is 17.1 Å². The summed E-state index contributed by atoms with van der Waals surface area (Å²) < 4.78 is 0. The molecule has 6 nitrogen and oxygen atoms in total. The zero-order valence-corrected chi connectivity index (χ0v) is 13.5. The Bertz CT molecular complexity index is 605. The number of nitrogens with zero attached hydrogens (tertiary/aromatic N) is 2. The summed E-state index contributed by atoms with van der Waals surface area (Å²) in [7, 11) is 5.16. The highest BCUT2D eigenvalue weighted by molar-refractivity contribution is 5.82. The maximum absolute atomic E-state index is 12.0. The number of aliphatic hydroxyl groups is 1. The number of carbonyl (C=O) groups excluding carboxylic acids is 1. The Labute approximate surface area is 130 Å². The van der Waals surface area contributed by atoms with E-state index in [-0.39, 0.29) is 11.8 Å². The van der Waals surface area contributed by atoms with Crippen LogP contribution in [0.15, 0.2) is 24.3 Å². The van der Waals surface area contributed by atoms with E-state index in [0.717, 1.165) is 16.9 Å². The van der Waals surface area contributed by atoms with Crippen molar-refractivity contribution in [1.82, 2.24) is 20.2 Å². The van der Waals surface area contributed by atoms with Crippen molar-refractivity contribution in [2.45, 2.75) is 25.5 Å². The zero-order chi connectivity index (χ0) is 16.3. The summed E-state index contributed by atoms with van der Waals surface area (Å²) in [5.74, 6) is 0.529. The second-order valence-electron chi connectivity index (χ2n) is 5.90. The van der Waals surface area contributed by atoms with Crippen LogP contribution in [-0.4, -0.2) is 59.2 Å². The molecule has 0 bridgehead atoms. The number of aromatic amines is 1. The molecule has 1 aromatic heterocycles. The molecule has 3 atom stereocenters. The van der Waals surface area contributed by atoms with Gasteiger partial charge in [0.25, 0.3) is 0 Å². The molecule has 1 aromatic carbocycles. The van der Waals surface area contributed by atoms with Gasteiger partial charge in [-0.25, -0.2) is 4.98 Å². The smallest absolute Gasteiger partial charge is 0.239 e. The lowest BCUT2D eigenvalue weighted by molar-refractivity contribution is -0.130. The lowest BCUT2D eigenvalue weighted by Gasteiger charge is -2.30. The number of nitrogens with one attached hydrogen (secondary N) is 2. The Kier molecular flexibility index (Phi) is 5.15. The fraction of sp³-hybridized carbons (Fsp3) is 0.500. The van der Waals surface area contributed by atoms with E-state index in [9.17, 15) is 9.90 Å². The van der Waals surface area contributed by atoms with E-state index in [1.165, 1.54) is 0 Å². The molecule has 0 saturated carbocycles. The molecule has 1 heterocycles. The molecule has 0 radical (unpaired) electrons. The molecule has 2 aromatic rings. The monoisotopic (exact) mass is 304 g/mol. The minimum Gasteiger partial charge on any atom is -0.391 e. The highest BCUT2D eigenvalue weighted by atomic mass is 16.3. The highest BCUT2D eigenvalue weighted by Crippen LogP contribution is 2.18. The number of carbonyl (C=O) groups is 1. The SMILES string of the molecule is CNC(=O)[C@H]([C@H](O)[C@H](C)Cc1nc2ccccc2[nH]1)N(C)C. The van der Waals surface area contributed by atoms with Crippen molar-refractivity contribution in [1.29, 1.82) is 0 Å². The van der Waals surface area contributed by atoms with Crippen molar-refractivity contribution in [3.63, 3.8) is 0 Å². The van der Waals surface area contributed by atoms with Gasteiger partial charge in [0.15, 0.2) is 0 Å². The second kappa shape index (κ2) is 6.89. The predicted octanol–water partition coefficient (Wildman–Crippen LogP) is 0.779. The summed E-state index contributed by atoms with van der Waals surface area (Å²) in [6.45, 7) is 1.93. The van der Waals surface area contributed by atoms with E-state index < -0.39 is 12.1 Å². The predicted molar refractivity (Wildman–Crippen MR) is 86.5 cm³/mol. The normalized spacial score (nSPS) is 15.7. The standard InChI is InChI=1S/C16H24N4O2/c1-10(15(21)14(20(3)4)16(22)17-2)9-13-18-11-7-5-6-8-12(11)19-13/h5-8,10,14-15,21H,9H2,1-4H3,(H,17,22)(H,18,19)/t10-,14+,15-/m1/s1. The van der Waals surface area contributed by atoms with Crippen LogP contribution in [0.5, 0.6) is 0 Å². The van der Waals surface area contributed by atoms with Gasteiger partial charge in [0.2, 0.25) is 5.91 Å². The van der Waals surface area contributed by atoms with E-state index in [1.807, 2.05) is 31.2 Å². The summed E-state index contributed by atoms with van der Waals surface area (Å²) >= 11 is 0. The number of amides is 1. The van der Waals surface area contributed by atoms with Crippen molar-refractivity contribution < 1.29 is 9.90 Å². The van der Waals surface area contributed by atoms with Gasteiger partial charge in [-0.3, -0.25) is 9.69 Å². The number of fused-ring (bicyclic) bond motifs is 1. The second-order valence-corrected chi connectivity index (χ2v) is 5.90. The first-order chi connectivity index (χ1) is 10.4. The molecule has 0 aliphatic rings. The zero-order valence-electron chi connectivity index (χ0n) is 13.5. The van der Waals surface area contributed by atoms with E-state index in [0.29, 0.717) is 6.42 Å². The van der Waals surface area contributed by atoms with Crippen LogP contribution in [0.4, 0.5) is 0 Å². The third-order valence-electron chi connectivity index (χ3n) is 3.93. The molecule has 0 aliphatic heterocycles. The van der Waals surface area contributed by atoms with Crippen molar-refractivity contribution in [3.05, 3.63) is 30.1 Å². The summed E-state index contributed by atoms with van der Waals surface area (Å²) in [6, 6.07) is 7.24. The number of benzene rings is 1. The summed E-state index contributed by atoms with van der Waals surface area (Å²) in [6.07, 6.45) is -0.194. The van der Waals surface area contributed by atoms with Gasteiger partial charge in [-0.15, -0.1) is 0 Å². The van der Waals surface area contributed by atoms with E-state index in [2.05, 4.69) is 15.3 Å². The Balaban J connectivity index is 2.12. The van der Waals surface area contributed by atoms with Crippen LogP contribution < -0.4 is 5.32 Å². The number of imidazole rings is 1. The first-order valence-electron chi connectivity index (χ1n) is 7.43. The maximum Gasteiger partial charge on any atom is 0.239 e. The highest BCUT2D eigenvalue weighted by Gasteiger charge is 2.32. The number of aromatic nitrogens is 2. The number of rotatable bonds is 6. The third-order valence-corrected chi connectivity index (χ3v) is 3.93. The average Bonchev–Trinajstić information content (AvgIpc) is 2.88. The third kappa shape index (κ3) is 3.45. The van der Waals surface area contributed by atoms with E-state index >= 15 is 0 Å². The number of likely N-dealkylation sites (N-methyl/N-ethyl adjacent to an activating group) is 2. The first-order valence-corrected chi connectivity index (χ1v) is 7.43. The summed E-state index contributed by atoms with van der Waals surface area (Å²) in [5.41, 5.74) is 1.89. The topological polar surface area (TPSA) is 81.2 Å². The number of aliphatic hydroxyl groups excluding tert-OH is 1. The number of hydrogen-bond donors (Lipinski definition) is 3. The molecule has 0 spiro atoms. The summed E-state index contributed by atoms with van der Waals surface area (Å²) in [4.78, 5) is 21.5. The van der Waals surface area contributed by atoms with Crippen LogP contribution in [-0.2, 0) is 11.2 Å². The molecule has 6 heteroatoms. The molecular formula is C16H24N4O2. The van der Waals surface area contributed by atoms with Crippen LogP contribution in [0.25, 0.3) is 11.0 Å². The van der Waals surface area contributed by atoms with Crippen LogP contribution >= 0.6 is 0 Å². The molecule has 0 aliphatic carbocycles. The van der Waals surface area contributed by atoms with Gasteiger partial charge >= 0.3 is 0 Å². The van der Waals surface area contributed by atoms with Crippen molar-refractivity contribution in [2.75, 3.05) is 21.1 Å². The van der Waals surface area contributed by atoms with Gasteiger partial charge < -0.3 is 15.4 Å². The minimum absolute atomic E-state index is 0.106. The van der Waals surface area contributed by atoms with Crippen LogP contribution in [0, 0.1) is 5.92 Å². The largest absolute Gasteiger partial charge is 0.391 e. The van der Waals surface area contributed by atoms with E-state index in [1.54, 1.807) is 26.0 Å². The minimum atomic E-state index is -0.775. The number of H-pyrrole nitrogens is 1. The first kappa shape index (κ1) is 16.5. The Morgan fingerprint density at radius 3 is 2.68 bits per heavy atom. The lowest BCUT2D eigenvalue weighted by atomic mass is 9.93. The molecule has 120 valence electrons. The molecule has 22 heavy (non-hydrogen) atoms. The molecule has 3 N–H and O–H groups in total. The van der Waals surface area contributed by atoms with Gasteiger partial charge in [0, 0.05) is 13.5 Å². The molecule has 1 amide bonds. The van der Waals surface area contributed by atoms with Gasteiger partial charge in [-0.1, -0.05) is 19.1 Å². The summed E-state index contributed by atoms with van der Waals surface area (Å²) in [5, 5.41) is 13.1. The number of para-hydroxylation sites is 2. The van der Waals surface area contributed by atoms with Crippen LogP contribution in [0.2, 0.25) is 0 Å². The van der Waals surface area contributed by atoms with Gasteiger partial charge in [-0.2, -0.15) is 0 Å². The maximum atomic E-state index is 12.0. The average molecular weight is 304 g/mol. The Morgan fingerprint density at radius 1 is 1.41 bits per heavy atom. The molecule has 0 unspecified atom stereocenters. The van der Waals surface area contributed by atoms with Crippen LogP contribution in [0.3, 0.4) is 0 Å².